The Morgan fingerprint density at radius 2 is 1.69 bits per heavy atom. The molecular weight excluding hydrogens is 618 g/mol. The Kier molecular flexibility index (Phi) is 9.89. The number of hydrogen-bond acceptors (Lipinski definition) is 9. The topological polar surface area (TPSA) is 119 Å². The second kappa shape index (κ2) is 12.6. The van der Waals surface area contributed by atoms with Crippen molar-refractivity contribution < 1.29 is 39.9 Å². The van der Waals surface area contributed by atoms with E-state index < -0.39 is 37.9 Å². The summed E-state index contributed by atoms with van der Waals surface area (Å²) in [6.07, 6.45) is -3.81. The van der Waals surface area contributed by atoms with Gasteiger partial charge < -0.3 is 14.7 Å². The van der Waals surface area contributed by atoms with Gasteiger partial charge in [0, 0.05) is 55.9 Å². The first-order chi connectivity index (χ1) is 19.5. The minimum Gasteiger partial charge on any atom is -0.378 e. The number of sulfonamides is 2. The van der Waals surface area contributed by atoms with E-state index in [-0.39, 0.29) is 49.3 Å². The van der Waals surface area contributed by atoms with E-state index in [4.69, 9.17) is 4.74 Å². The van der Waals surface area contributed by atoms with Crippen molar-refractivity contribution in [3.05, 3.63) is 54.1 Å². The van der Waals surface area contributed by atoms with Crippen LogP contribution < -0.4 is 9.62 Å². The highest BCUT2D eigenvalue weighted by atomic mass is 32.2. The van der Waals surface area contributed by atoms with E-state index >= 15 is 0 Å². The number of halogens is 3. The average Bonchev–Trinajstić information content (AvgIpc) is 2.92. The van der Waals surface area contributed by atoms with Crippen LogP contribution >= 0.6 is 12.6 Å². The van der Waals surface area contributed by atoms with Crippen molar-refractivity contribution in [2.45, 2.75) is 40.6 Å². The molecule has 0 aliphatic carbocycles. The summed E-state index contributed by atoms with van der Waals surface area (Å²) in [5.41, 5.74) is -2.79. The van der Waals surface area contributed by atoms with E-state index in [0.29, 0.717) is 37.2 Å². The summed E-state index contributed by atoms with van der Waals surface area (Å²) in [4.78, 5) is 4.34. The van der Waals surface area contributed by atoms with Crippen molar-refractivity contribution in [3.8, 4) is 0 Å². The highest BCUT2D eigenvalue weighted by molar-refractivity contribution is 7.90. The minimum absolute atomic E-state index is 0.0655. The molecule has 3 atom stereocenters. The van der Waals surface area contributed by atoms with Gasteiger partial charge in [-0.1, -0.05) is 24.3 Å². The molecule has 234 valence electrons. The summed E-state index contributed by atoms with van der Waals surface area (Å²) in [6, 6.07) is 11.0. The molecule has 2 N–H and O–H groups in total. The van der Waals surface area contributed by atoms with Gasteiger partial charge in [0.05, 0.1) is 30.4 Å². The average molecular weight is 653 g/mol. The first-order valence-corrected chi connectivity index (χ1v) is 17.0. The van der Waals surface area contributed by atoms with E-state index in [9.17, 15) is 35.1 Å². The second-order valence-electron chi connectivity index (χ2n) is 10.6. The molecule has 0 saturated carbocycles. The molecule has 2 saturated heterocycles. The molecule has 2 aromatic carbocycles. The normalized spacial score (nSPS) is 23.1. The standard InChI is InChI=1S/C26H35F3N4O6S3/c1-25(34,26(27,28)29)19-7-9-20(10-8-19)33-12-11-32(42(37,38)24-6-4-3-5-23(24)40)17-22(33)16-31-13-14-39-18-21(31)15-30-41(2,35)36/h3-10,21-22,30,34,40H,11-18H2,1-2H3/t21-,22-,25+/m0/s1. The molecule has 2 aromatic rings. The fraction of sp³-hybridized carbons (Fsp3) is 0.538. The number of benzene rings is 2. The number of ether oxygens (including phenoxy) is 1. The van der Waals surface area contributed by atoms with Crippen LogP contribution in [0.15, 0.2) is 58.3 Å². The molecule has 0 unspecified atom stereocenters. The lowest BCUT2D eigenvalue weighted by Crippen LogP contribution is -2.61. The highest BCUT2D eigenvalue weighted by Crippen LogP contribution is 2.39. The number of hydrogen-bond donors (Lipinski definition) is 3. The highest BCUT2D eigenvalue weighted by Gasteiger charge is 2.51. The lowest BCUT2D eigenvalue weighted by molar-refractivity contribution is -0.258. The van der Waals surface area contributed by atoms with Crippen LogP contribution in [0.3, 0.4) is 0 Å². The largest absolute Gasteiger partial charge is 0.421 e. The number of piperazine rings is 1. The zero-order valence-corrected chi connectivity index (χ0v) is 25.7. The van der Waals surface area contributed by atoms with Crippen LogP contribution in [-0.4, -0.2) is 108 Å². The monoisotopic (exact) mass is 652 g/mol. The summed E-state index contributed by atoms with van der Waals surface area (Å²) < 4.78 is 100. The first-order valence-electron chi connectivity index (χ1n) is 13.2. The predicted molar refractivity (Wildman–Crippen MR) is 155 cm³/mol. The smallest absolute Gasteiger partial charge is 0.378 e. The molecule has 2 aliphatic heterocycles. The SMILES string of the molecule is C[C@@](O)(c1ccc(N2CCN(S(=O)(=O)c3ccccc3S)C[C@@H]2CN2CCOC[C@@H]2CNS(C)(=O)=O)cc1)C(F)(F)F. The molecule has 2 fully saturated rings. The summed E-state index contributed by atoms with van der Waals surface area (Å²) in [7, 11) is -7.38. The fourth-order valence-corrected chi connectivity index (χ4v) is 7.69. The molecule has 2 heterocycles. The zero-order valence-electron chi connectivity index (χ0n) is 23.2. The summed E-state index contributed by atoms with van der Waals surface area (Å²) in [5.74, 6) is 0. The molecule has 2 aliphatic rings. The third-order valence-electron chi connectivity index (χ3n) is 7.62. The van der Waals surface area contributed by atoms with E-state index in [1.807, 2.05) is 9.80 Å². The van der Waals surface area contributed by atoms with Gasteiger partial charge in [0.25, 0.3) is 0 Å². The number of anilines is 1. The number of thiol groups is 1. The first kappa shape index (κ1) is 33.0. The molecule has 0 spiro atoms. The quantitative estimate of drug-likeness (QED) is 0.352. The van der Waals surface area contributed by atoms with Gasteiger partial charge in [-0.3, -0.25) is 4.90 Å². The number of nitrogens with zero attached hydrogens (tertiary/aromatic N) is 3. The lowest BCUT2D eigenvalue weighted by Gasteiger charge is -2.46. The number of aliphatic hydroxyl groups is 1. The molecular formula is C26H35F3N4O6S3. The number of morpholine rings is 1. The Bertz CT molecular complexity index is 1460. The maximum atomic E-state index is 13.6. The number of rotatable bonds is 9. The van der Waals surface area contributed by atoms with Gasteiger partial charge in [-0.2, -0.15) is 17.5 Å². The molecule has 10 nitrogen and oxygen atoms in total. The van der Waals surface area contributed by atoms with Gasteiger partial charge in [-0.25, -0.2) is 21.6 Å². The van der Waals surface area contributed by atoms with Crippen LogP contribution in [0.25, 0.3) is 0 Å². The number of nitrogens with one attached hydrogen (secondary N) is 1. The van der Waals surface area contributed by atoms with Gasteiger partial charge in [-0.05, 0) is 36.8 Å². The van der Waals surface area contributed by atoms with Gasteiger partial charge >= 0.3 is 6.18 Å². The Balaban J connectivity index is 1.64. The maximum Gasteiger partial charge on any atom is 0.421 e. The van der Waals surface area contributed by atoms with Crippen molar-refractivity contribution >= 4 is 38.4 Å². The minimum atomic E-state index is -4.87. The second-order valence-corrected chi connectivity index (χ2v) is 14.9. The summed E-state index contributed by atoms with van der Waals surface area (Å²) in [6.45, 7) is 2.68. The lowest BCUT2D eigenvalue weighted by atomic mass is 9.95. The molecule has 4 rings (SSSR count). The summed E-state index contributed by atoms with van der Waals surface area (Å²) >= 11 is 4.33. The van der Waals surface area contributed by atoms with Crippen LogP contribution in [0.4, 0.5) is 18.9 Å². The Morgan fingerprint density at radius 1 is 1.02 bits per heavy atom. The van der Waals surface area contributed by atoms with Crippen molar-refractivity contribution in [2.75, 3.05) is 63.6 Å². The zero-order chi connectivity index (χ0) is 30.9. The molecule has 0 aromatic heterocycles. The van der Waals surface area contributed by atoms with Crippen molar-refractivity contribution in [1.29, 1.82) is 0 Å². The predicted octanol–water partition coefficient (Wildman–Crippen LogP) is 1.87. The van der Waals surface area contributed by atoms with Crippen LogP contribution in [-0.2, 0) is 30.4 Å². The molecule has 42 heavy (non-hydrogen) atoms. The third-order valence-corrected chi connectivity index (χ3v) is 10.8. The van der Waals surface area contributed by atoms with E-state index in [1.165, 1.54) is 34.6 Å². The molecule has 16 heteroatoms. The van der Waals surface area contributed by atoms with Gasteiger partial charge in [0.15, 0.2) is 5.60 Å². The maximum absolute atomic E-state index is 13.6. The van der Waals surface area contributed by atoms with E-state index in [2.05, 4.69) is 17.4 Å². The summed E-state index contributed by atoms with van der Waals surface area (Å²) in [5, 5.41) is 10.1. The Morgan fingerprint density at radius 3 is 2.31 bits per heavy atom. The number of alkyl halides is 3. The van der Waals surface area contributed by atoms with Crippen molar-refractivity contribution in [3.63, 3.8) is 0 Å². The van der Waals surface area contributed by atoms with E-state index in [1.54, 1.807) is 18.2 Å². The van der Waals surface area contributed by atoms with Crippen LogP contribution in [0.1, 0.15) is 12.5 Å². The van der Waals surface area contributed by atoms with Gasteiger partial charge in [-0.15, -0.1) is 12.6 Å². The van der Waals surface area contributed by atoms with Crippen molar-refractivity contribution in [2.24, 2.45) is 0 Å². The van der Waals surface area contributed by atoms with Crippen molar-refractivity contribution in [1.82, 2.24) is 13.9 Å². The van der Waals surface area contributed by atoms with Gasteiger partial charge in [0.1, 0.15) is 0 Å². The van der Waals surface area contributed by atoms with E-state index in [0.717, 1.165) is 6.26 Å². The fourth-order valence-electron chi connectivity index (χ4n) is 5.13. The molecule has 0 radical (unpaired) electrons. The Hall–Kier alpha value is -1.92. The molecule has 0 bridgehead atoms. The molecule has 0 amide bonds. The van der Waals surface area contributed by atoms with Crippen LogP contribution in [0.2, 0.25) is 0 Å². The Labute approximate surface area is 249 Å². The van der Waals surface area contributed by atoms with Crippen LogP contribution in [0, 0.1) is 0 Å². The van der Waals surface area contributed by atoms with Crippen LogP contribution in [0.5, 0.6) is 0 Å². The van der Waals surface area contributed by atoms with Gasteiger partial charge in [0.2, 0.25) is 20.0 Å². The third kappa shape index (κ3) is 7.41.